The second-order valence-electron chi connectivity index (χ2n) is 6.99. The predicted octanol–water partition coefficient (Wildman–Crippen LogP) is 4.21. The van der Waals surface area contributed by atoms with Crippen molar-refractivity contribution in [3.63, 3.8) is 0 Å². The Morgan fingerprint density at radius 3 is 2.53 bits per heavy atom. The van der Waals surface area contributed by atoms with E-state index in [9.17, 15) is 9.59 Å². The number of hydrogen-bond donors (Lipinski definition) is 0. The molecule has 5 aromatic rings. The zero-order valence-electron chi connectivity index (χ0n) is 16.0. The van der Waals surface area contributed by atoms with Gasteiger partial charge >= 0.3 is 0 Å². The molecule has 30 heavy (non-hydrogen) atoms. The van der Waals surface area contributed by atoms with E-state index in [2.05, 4.69) is 0 Å². The van der Waals surface area contributed by atoms with Crippen molar-refractivity contribution in [2.45, 2.75) is 6.54 Å². The van der Waals surface area contributed by atoms with Gasteiger partial charge in [-0.3, -0.25) is 14.2 Å². The Bertz CT molecular complexity index is 1530. The van der Waals surface area contributed by atoms with Crippen molar-refractivity contribution in [2.75, 3.05) is 0 Å². The van der Waals surface area contributed by atoms with Crippen molar-refractivity contribution in [1.82, 2.24) is 14.1 Å². The molecule has 0 amide bonds. The highest BCUT2D eigenvalue weighted by atomic mass is 35.5. The summed E-state index contributed by atoms with van der Waals surface area (Å²) >= 11 is 6.43. The van der Waals surface area contributed by atoms with E-state index in [1.54, 1.807) is 48.0 Å². The highest BCUT2D eigenvalue weighted by Gasteiger charge is 2.20. The maximum atomic E-state index is 13.6. The molecule has 0 atom stereocenters. The van der Waals surface area contributed by atoms with Crippen molar-refractivity contribution in [2.24, 2.45) is 7.05 Å². The van der Waals surface area contributed by atoms with Gasteiger partial charge in [-0.25, -0.2) is 4.98 Å². The molecule has 0 aliphatic heterocycles. The van der Waals surface area contributed by atoms with Gasteiger partial charge in [-0.15, -0.1) is 0 Å². The van der Waals surface area contributed by atoms with Crippen molar-refractivity contribution >= 4 is 33.5 Å². The van der Waals surface area contributed by atoms with Gasteiger partial charge in [0.1, 0.15) is 17.0 Å². The third kappa shape index (κ3) is 2.76. The number of halogens is 1. The molecule has 0 spiro atoms. The molecule has 0 aliphatic rings. The molecule has 0 saturated carbocycles. The molecule has 0 radical (unpaired) electrons. The van der Waals surface area contributed by atoms with Gasteiger partial charge in [-0.05, 0) is 36.4 Å². The Morgan fingerprint density at radius 2 is 1.77 bits per heavy atom. The summed E-state index contributed by atoms with van der Waals surface area (Å²) < 4.78 is 8.66. The molecule has 5 rings (SSSR count). The fourth-order valence-corrected chi connectivity index (χ4v) is 3.97. The summed E-state index contributed by atoms with van der Waals surface area (Å²) in [6, 6.07) is 17.9. The highest BCUT2D eigenvalue weighted by Crippen LogP contribution is 2.27. The number of aromatic nitrogens is 3. The number of rotatable bonds is 3. The van der Waals surface area contributed by atoms with Crippen LogP contribution in [-0.4, -0.2) is 14.1 Å². The average Bonchev–Trinajstić information content (AvgIpc) is 3.27. The molecule has 148 valence electrons. The molecule has 0 bridgehead atoms. The van der Waals surface area contributed by atoms with E-state index in [1.807, 2.05) is 24.3 Å². The third-order valence-electron chi connectivity index (χ3n) is 5.21. The smallest absolute Gasteiger partial charge is 0.267 e. The minimum Gasteiger partial charge on any atom is -0.467 e. The molecule has 6 nitrogen and oxygen atoms in total. The summed E-state index contributed by atoms with van der Waals surface area (Å²) in [5, 5.41) is 0.975. The number of pyridine rings is 1. The SMILES string of the molecule is Cn1c2ccccc2c(=O)c2c(=O)n(Cc3ccco3)c(-c3ccccc3Cl)nc21. The summed E-state index contributed by atoms with van der Waals surface area (Å²) in [4.78, 5) is 31.6. The molecule has 0 unspecified atom stereocenters. The molecule has 0 N–H and O–H groups in total. The van der Waals surface area contributed by atoms with E-state index in [0.29, 0.717) is 38.7 Å². The molecule has 2 aromatic carbocycles. The van der Waals surface area contributed by atoms with E-state index < -0.39 is 5.56 Å². The number of nitrogens with zero attached hydrogens (tertiary/aromatic N) is 3. The summed E-state index contributed by atoms with van der Waals surface area (Å²) in [5.74, 6) is 0.948. The van der Waals surface area contributed by atoms with Gasteiger partial charge in [0.2, 0.25) is 5.43 Å². The maximum Gasteiger partial charge on any atom is 0.267 e. The van der Waals surface area contributed by atoms with Crippen LogP contribution >= 0.6 is 11.6 Å². The van der Waals surface area contributed by atoms with Gasteiger partial charge in [0.25, 0.3) is 5.56 Å². The lowest BCUT2D eigenvalue weighted by Crippen LogP contribution is -2.29. The molecule has 0 fully saturated rings. The van der Waals surface area contributed by atoms with E-state index in [-0.39, 0.29) is 17.4 Å². The van der Waals surface area contributed by atoms with Crippen LogP contribution < -0.4 is 11.0 Å². The van der Waals surface area contributed by atoms with Gasteiger partial charge in [0, 0.05) is 18.0 Å². The zero-order chi connectivity index (χ0) is 20.8. The topological polar surface area (TPSA) is 70.0 Å². The van der Waals surface area contributed by atoms with E-state index >= 15 is 0 Å². The number of para-hydroxylation sites is 1. The zero-order valence-corrected chi connectivity index (χ0v) is 16.8. The van der Waals surface area contributed by atoms with Crippen molar-refractivity contribution in [3.8, 4) is 11.4 Å². The second-order valence-corrected chi connectivity index (χ2v) is 7.40. The quantitative estimate of drug-likeness (QED) is 0.412. The predicted molar refractivity (Wildman–Crippen MR) is 117 cm³/mol. The van der Waals surface area contributed by atoms with Gasteiger partial charge < -0.3 is 8.98 Å². The molecule has 0 saturated heterocycles. The monoisotopic (exact) mass is 417 g/mol. The minimum absolute atomic E-state index is 0.0403. The van der Waals surface area contributed by atoms with Gasteiger partial charge in [-0.1, -0.05) is 35.9 Å². The Balaban J connectivity index is 1.96. The van der Waals surface area contributed by atoms with Crippen molar-refractivity contribution in [1.29, 1.82) is 0 Å². The van der Waals surface area contributed by atoms with Crippen LogP contribution in [0.2, 0.25) is 5.02 Å². The molecular formula is C23H16ClN3O3. The maximum absolute atomic E-state index is 13.6. The lowest BCUT2D eigenvalue weighted by Gasteiger charge is -2.16. The van der Waals surface area contributed by atoms with E-state index in [0.717, 1.165) is 0 Å². The van der Waals surface area contributed by atoms with E-state index in [4.69, 9.17) is 21.0 Å². The Labute approximate surface area is 175 Å². The first-order valence-electron chi connectivity index (χ1n) is 9.36. The summed E-state index contributed by atoms with van der Waals surface area (Å²) in [6.07, 6.45) is 1.54. The van der Waals surface area contributed by atoms with Gasteiger partial charge in [0.05, 0.1) is 23.3 Å². The van der Waals surface area contributed by atoms with Crippen LogP contribution in [0.3, 0.4) is 0 Å². The Kier molecular flexibility index (Phi) is 4.29. The molecule has 7 heteroatoms. The Morgan fingerprint density at radius 1 is 1.00 bits per heavy atom. The first kappa shape index (κ1) is 18.4. The van der Waals surface area contributed by atoms with Crippen LogP contribution in [-0.2, 0) is 13.6 Å². The van der Waals surface area contributed by atoms with Crippen LogP contribution in [0.15, 0.2) is 80.9 Å². The first-order valence-corrected chi connectivity index (χ1v) is 9.73. The number of benzene rings is 2. The highest BCUT2D eigenvalue weighted by molar-refractivity contribution is 6.33. The molecule has 0 aliphatic carbocycles. The normalized spacial score (nSPS) is 11.4. The summed E-state index contributed by atoms with van der Waals surface area (Å²) in [6.45, 7) is 0.130. The van der Waals surface area contributed by atoms with Crippen LogP contribution in [0.4, 0.5) is 0 Å². The van der Waals surface area contributed by atoms with E-state index in [1.165, 1.54) is 10.8 Å². The lowest BCUT2D eigenvalue weighted by atomic mass is 10.1. The number of aryl methyl sites for hydroxylation is 1. The number of furan rings is 1. The molecule has 3 heterocycles. The minimum atomic E-state index is -0.433. The fourth-order valence-electron chi connectivity index (χ4n) is 3.74. The molecule has 3 aromatic heterocycles. The van der Waals surface area contributed by atoms with Crippen LogP contribution in [0, 0.1) is 0 Å². The lowest BCUT2D eigenvalue weighted by molar-refractivity contribution is 0.490. The second kappa shape index (κ2) is 7.00. The van der Waals surface area contributed by atoms with Crippen LogP contribution in [0.5, 0.6) is 0 Å². The van der Waals surface area contributed by atoms with Gasteiger partial charge in [-0.2, -0.15) is 0 Å². The van der Waals surface area contributed by atoms with Crippen LogP contribution in [0.25, 0.3) is 33.3 Å². The molecular weight excluding hydrogens is 402 g/mol. The largest absolute Gasteiger partial charge is 0.467 e. The third-order valence-corrected chi connectivity index (χ3v) is 5.54. The summed E-state index contributed by atoms with van der Waals surface area (Å²) in [7, 11) is 1.80. The Hall–Kier alpha value is -3.64. The van der Waals surface area contributed by atoms with Crippen molar-refractivity contribution < 1.29 is 4.42 Å². The standard InChI is InChI=1S/C23H16ClN3O3/c1-26-18-11-5-3-9-16(18)20(28)19-22(26)25-21(15-8-2-4-10-17(15)24)27(23(19)29)13-14-7-6-12-30-14/h2-12H,13H2,1H3. The first-order chi connectivity index (χ1) is 14.6. The van der Waals surface area contributed by atoms with Crippen LogP contribution in [0.1, 0.15) is 5.76 Å². The fraction of sp³-hybridized carbons (Fsp3) is 0.0870. The number of fused-ring (bicyclic) bond motifs is 2. The average molecular weight is 418 g/mol. The van der Waals surface area contributed by atoms with Gasteiger partial charge in [0.15, 0.2) is 5.65 Å². The number of hydrogen-bond acceptors (Lipinski definition) is 4. The summed E-state index contributed by atoms with van der Waals surface area (Å²) in [5.41, 5.74) is 0.850. The van der Waals surface area contributed by atoms with Crippen molar-refractivity contribution in [3.05, 3.63) is 98.3 Å².